The van der Waals surface area contributed by atoms with E-state index in [0.717, 1.165) is 25.9 Å². The average molecular weight is 516 g/mol. The summed E-state index contributed by atoms with van der Waals surface area (Å²) in [6.07, 6.45) is -4.35. The SMILES string of the molecule is FC(F)(F)c1ccc(OCC(=S)Nc2ccc(Br)cc2I)cc1. The minimum atomic E-state index is -4.35. The van der Waals surface area contributed by atoms with Gasteiger partial charge in [0.25, 0.3) is 0 Å². The Hall–Kier alpha value is -0.870. The third kappa shape index (κ3) is 5.61. The third-order valence-electron chi connectivity index (χ3n) is 2.76. The molecule has 0 bridgehead atoms. The molecule has 0 aliphatic carbocycles. The van der Waals surface area contributed by atoms with Crippen molar-refractivity contribution in [3.8, 4) is 5.75 Å². The Balaban J connectivity index is 1.91. The molecule has 2 aromatic carbocycles. The maximum Gasteiger partial charge on any atom is 0.416 e. The Labute approximate surface area is 158 Å². The predicted molar refractivity (Wildman–Crippen MR) is 100 cm³/mol. The first-order valence-electron chi connectivity index (χ1n) is 6.30. The smallest absolute Gasteiger partial charge is 0.416 e. The normalized spacial score (nSPS) is 11.2. The summed E-state index contributed by atoms with van der Waals surface area (Å²) in [4.78, 5) is 0.435. The zero-order valence-electron chi connectivity index (χ0n) is 11.5. The molecule has 0 radical (unpaired) electrons. The van der Waals surface area contributed by atoms with Crippen molar-refractivity contribution in [1.82, 2.24) is 0 Å². The van der Waals surface area contributed by atoms with Gasteiger partial charge in [-0.25, -0.2) is 0 Å². The van der Waals surface area contributed by atoms with E-state index in [-0.39, 0.29) is 6.61 Å². The number of nitrogens with one attached hydrogen (secondary N) is 1. The highest BCUT2D eigenvalue weighted by atomic mass is 127. The Morgan fingerprint density at radius 1 is 1.17 bits per heavy atom. The van der Waals surface area contributed by atoms with Gasteiger partial charge in [-0.15, -0.1) is 0 Å². The second-order valence-electron chi connectivity index (χ2n) is 4.48. The van der Waals surface area contributed by atoms with Crippen LogP contribution in [0.5, 0.6) is 5.75 Å². The summed E-state index contributed by atoms with van der Waals surface area (Å²) in [7, 11) is 0. The van der Waals surface area contributed by atoms with Gasteiger partial charge in [-0.3, -0.25) is 0 Å². The van der Waals surface area contributed by atoms with Crippen LogP contribution in [0.2, 0.25) is 0 Å². The van der Waals surface area contributed by atoms with E-state index in [1.807, 2.05) is 18.2 Å². The van der Waals surface area contributed by atoms with Gasteiger partial charge >= 0.3 is 6.18 Å². The number of thiocarbonyl (C=S) groups is 1. The van der Waals surface area contributed by atoms with Crippen molar-refractivity contribution in [2.24, 2.45) is 0 Å². The molecule has 0 spiro atoms. The number of ether oxygens (including phenoxy) is 1. The van der Waals surface area contributed by atoms with Gasteiger partial charge in [0.05, 0.1) is 11.3 Å². The average Bonchev–Trinajstić information content (AvgIpc) is 2.47. The largest absolute Gasteiger partial charge is 0.486 e. The maximum absolute atomic E-state index is 12.5. The first kappa shape index (κ1) is 18.5. The lowest BCUT2D eigenvalue weighted by Gasteiger charge is -2.12. The van der Waals surface area contributed by atoms with Gasteiger partial charge in [0.2, 0.25) is 0 Å². The highest BCUT2D eigenvalue weighted by Gasteiger charge is 2.30. The molecule has 122 valence electrons. The number of hydrogen-bond acceptors (Lipinski definition) is 2. The third-order valence-corrected chi connectivity index (χ3v) is 4.36. The molecule has 0 aliphatic heterocycles. The van der Waals surface area contributed by atoms with Crippen LogP contribution in [0.25, 0.3) is 0 Å². The monoisotopic (exact) mass is 515 g/mol. The zero-order chi connectivity index (χ0) is 17.0. The van der Waals surface area contributed by atoms with Crippen molar-refractivity contribution < 1.29 is 17.9 Å². The molecule has 0 unspecified atom stereocenters. The predicted octanol–water partition coefficient (Wildman–Crippen LogP) is 5.89. The summed E-state index contributed by atoms with van der Waals surface area (Å²) in [5.74, 6) is 0.327. The topological polar surface area (TPSA) is 21.3 Å². The van der Waals surface area contributed by atoms with Crippen LogP contribution in [0.3, 0.4) is 0 Å². The molecule has 2 nitrogen and oxygen atoms in total. The van der Waals surface area contributed by atoms with Gasteiger partial charge in [0.1, 0.15) is 17.3 Å². The molecular formula is C15H10BrF3INOS. The number of hydrogen-bond donors (Lipinski definition) is 1. The van der Waals surface area contributed by atoms with Crippen molar-refractivity contribution in [2.75, 3.05) is 11.9 Å². The van der Waals surface area contributed by atoms with Crippen LogP contribution in [0.4, 0.5) is 18.9 Å². The summed E-state index contributed by atoms with van der Waals surface area (Å²) in [5, 5.41) is 3.04. The Morgan fingerprint density at radius 3 is 2.39 bits per heavy atom. The molecule has 0 aliphatic rings. The van der Waals surface area contributed by atoms with E-state index in [1.54, 1.807) is 0 Å². The molecule has 0 fully saturated rings. The highest BCUT2D eigenvalue weighted by molar-refractivity contribution is 14.1. The van der Waals surface area contributed by atoms with Crippen LogP contribution >= 0.6 is 50.7 Å². The number of benzene rings is 2. The van der Waals surface area contributed by atoms with Crippen molar-refractivity contribution in [3.05, 3.63) is 56.1 Å². The van der Waals surface area contributed by atoms with Crippen LogP contribution in [-0.2, 0) is 6.18 Å². The minimum Gasteiger partial charge on any atom is -0.486 e. The van der Waals surface area contributed by atoms with Crippen molar-refractivity contribution in [3.63, 3.8) is 0 Å². The van der Waals surface area contributed by atoms with E-state index in [9.17, 15) is 13.2 Å². The Morgan fingerprint density at radius 2 is 1.83 bits per heavy atom. The molecule has 23 heavy (non-hydrogen) atoms. The Bertz CT molecular complexity index is 707. The lowest BCUT2D eigenvalue weighted by Crippen LogP contribution is -2.18. The quantitative estimate of drug-likeness (QED) is 0.405. The molecular weight excluding hydrogens is 506 g/mol. The molecule has 0 heterocycles. The van der Waals surface area contributed by atoms with E-state index < -0.39 is 11.7 Å². The van der Waals surface area contributed by atoms with E-state index in [1.165, 1.54) is 12.1 Å². The molecule has 1 N–H and O–H groups in total. The molecule has 0 amide bonds. The number of halogens is 5. The summed E-state index contributed by atoms with van der Waals surface area (Å²) < 4.78 is 44.7. The van der Waals surface area contributed by atoms with Crippen molar-refractivity contribution >= 4 is 61.4 Å². The highest BCUT2D eigenvalue weighted by Crippen LogP contribution is 2.30. The van der Waals surface area contributed by atoms with Crippen LogP contribution in [0.1, 0.15) is 5.56 Å². The lowest BCUT2D eigenvalue weighted by atomic mass is 10.2. The molecule has 0 aromatic heterocycles. The fourth-order valence-corrected chi connectivity index (χ4v) is 3.27. The second-order valence-corrected chi connectivity index (χ2v) is 7.05. The van der Waals surface area contributed by atoms with Gasteiger partial charge in [-0.2, -0.15) is 13.2 Å². The van der Waals surface area contributed by atoms with Crippen molar-refractivity contribution in [1.29, 1.82) is 0 Å². The fraction of sp³-hybridized carbons (Fsp3) is 0.133. The Kier molecular flexibility index (Phi) is 6.26. The van der Waals surface area contributed by atoms with Gasteiger partial charge in [0.15, 0.2) is 0 Å². The van der Waals surface area contributed by atoms with E-state index in [2.05, 4.69) is 43.8 Å². The minimum absolute atomic E-state index is 0.0762. The number of anilines is 1. The molecule has 2 rings (SSSR count). The van der Waals surface area contributed by atoms with Gasteiger partial charge in [0, 0.05) is 8.04 Å². The summed E-state index contributed by atoms with van der Waals surface area (Å²) in [6.45, 7) is 0.0762. The van der Waals surface area contributed by atoms with E-state index in [4.69, 9.17) is 17.0 Å². The first-order chi connectivity index (χ1) is 10.8. The first-order valence-corrected chi connectivity index (χ1v) is 8.58. The fourth-order valence-electron chi connectivity index (χ4n) is 1.67. The van der Waals surface area contributed by atoms with Gasteiger partial charge in [-0.05, 0) is 65.1 Å². The number of alkyl halides is 3. The van der Waals surface area contributed by atoms with Crippen LogP contribution < -0.4 is 10.1 Å². The summed E-state index contributed by atoms with van der Waals surface area (Å²) >= 11 is 10.7. The molecule has 0 saturated heterocycles. The van der Waals surface area contributed by atoms with Gasteiger partial charge in [-0.1, -0.05) is 28.1 Å². The maximum atomic E-state index is 12.5. The molecule has 0 atom stereocenters. The van der Waals surface area contributed by atoms with E-state index in [0.29, 0.717) is 10.7 Å². The second kappa shape index (κ2) is 7.80. The lowest BCUT2D eigenvalue weighted by molar-refractivity contribution is -0.137. The van der Waals surface area contributed by atoms with Crippen LogP contribution in [0.15, 0.2) is 46.9 Å². The van der Waals surface area contributed by atoms with Crippen LogP contribution in [0, 0.1) is 3.57 Å². The standard InChI is InChI=1S/C15H10BrF3INOS/c16-10-3-6-13(12(20)7-10)21-14(23)8-22-11-4-1-9(2-5-11)15(17,18)19/h1-7H,8H2,(H,21,23). The number of rotatable bonds is 4. The zero-order valence-corrected chi connectivity index (χ0v) is 16.0. The van der Waals surface area contributed by atoms with Gasteiger partial charge < -0.3 is 10.1 Å². The molecule has 2 aromatic rings. The summed E-state index contributed by atoms with van der Waals surface area (Å²) in [6, 6.07) is 10.2. The van der Waals surface area contributed by atoms with Crippen molar-refractivity contribution in [2.45, 2.75) is 6.18 Å². The summed E-state index contributed by atoms with van der Waals surface area (Å²) in [5.41, 5.74) is 0.129. The molecule has 8 heteroatoms. The van der Waals surface area contributed by atoms with Crippen LogP contribution in [-0.4, -0.2) is 11.6 Å². The molecule has 0 saturated carbocycles. The van der Waals surface area contributed by atoms with E-state index >= 15 is 0 Å².